The van der Waals surface area contributed by atoms with E-state index in [0.29, 0.717) is 6.54 Å². The fraction of sp³-hybridized carbons (Fsp3) is 0.429. The molecule has 2 aromatic rings. The summed E-state index contributed by atoms with van der Waals surface area (Å²) in [7, 11) is 0. The summed E-state index contributed by atoms with van der Waals surface area (Å²) in [6, 6.07) is 0. The van der Waals surface area contributed by atoms with Crippen molar-refractivity contribution in [3.63, 3.8) is 0 Å². The summed E-state index contributed by atoms with van der Waals surface area (Å²) in [4.78, 5) is 4.01. The van der Waals surface area contributed by atoms with Gasteiger partial charge in [-0.15, -0.1) is 10.2 Å². The molecule has 0 amide bonds. The molecule has 0 saturated heterocycles. The van der Waals surface area contributed by atoms with Crippen molar-refractivity contribution in [3.05, 3.63) is 18.5 Å². The summed E-state index contributed by atoms with van der Waals surface area (Å²) in [5.74, 6) is 0.905. The van der Waals surface area contributed by atoms with E-state index in [1.165, 1.54) is 17.9 Å². The molecular weight excluding hydrogens is 200 g/mol. The Balaban J connectivity index is 1.98. The van der Waals surface area contributed by atoms with E-state index in [2.05, 4.69) is 31.8 Å². The molecule has 0 aliphatic rings. The fourth-order valence-electron chi connectivity index (χ4n) is 1.09. The molecule has 2 aromatic heterocycles. The molecule has 0 atom stereocenters. The summed E-state index contributed by atoms with van der Waals surface area (Å²) < 4.78 is 5.87. The fourth-order valence-corrected chi connectivity index (χ4v) is 1.51. The van der Waals surface area contributed by atoms with Crippen molar-refractivity contribution in [1.82, 2.24) is 24.1 Å². The minimum atomic E-state index is 0.628. The molecule has 6 nitrogen and oxygen atoms in total. The van der Waals surface area contributed by atoms with Gasteiger partial charge in [-0.2, -0.15) is 4.37 Å². The van der Waals surface area contributed by atoms with Crippen LogP contribution in [0.4, 0.5) is 5.13 Å². The van der Waals surface area contributed by atoms with Crippen molar-refractivity contribution < 1.29 is 0 Å². The molecule has 1 N–H and O–H groups in total. The van der Waals surface area contributed by atoms with Crippen molar-refractivity contribution in [2.75, 3.05) is 5.32 Å². The standard InChI is InChI=1S/C7H10N6S/c1-2-13-5-10-12-6(13)3-8-7-9-4-11-14-7/h4-5H,2-3H2,1H3,(H,8,9,11). The largest absolute Gasteiger partial charge is 0.353 e. The van der Waals surface area contributed by atoms with E-state index in [1.54, 1.807) is 6.33 Å². The van der Waals surface area contributed by atoms with Crippen molar-refractivity contribution in [1.29, 1.82) is 0 Å². The van der Waals surface area contributed by atoms with Gasteiger partial charge in [0, 0.05) is 18.1 Å². The average molecular weight is 210 g/mol. The van der Waals surface area contributed by atoms with E-state index in [-0.39, 0.29) is 0 Å². The maximum absolute atomic E-state index is 4.01. The highest BCUT2D eigenvalue weighted by molar-refractivity contribution is 7.09. The summed E-state index contributed by atoms with van der Waals surface area (Å²) in [5, 5.41) is 11.8. The second-order valence-corrected chi connectivity index (χ2v) is 3.41. The van der Waals surface area contributed by atoms with Gasteiger partial charge in [0.15, 0.2) is 5.82 Å². The average Bonchev–Trinajstić information content (AvgIpc) is 2.85. The Morgan fingerprint density at radius 2 is 2.50 bits per heavy atom. The van der Waals surface area contributed by atoms with Crippen LogP contribution in [0.1, 0.15) is 12.7 Å². The number of anilines is 1. The zero-order valence-corrected chi connectivity index (χ0v) is 8.53. The number of nitrogens with zero attached hydrogens (tertiary/aromatic N) is 5. The van der Waals surface area contributed by atoms with Gasteiger partial charge in [0.1, 0.15) is 12.7 Å². The Hall–Kier alpha value is -1.50. The third-order valence-electron chi connectivity index (χ3n) is 1.80. The quantitative estimate of drug-likeness (QED) is 0.807. The SMILES string of the molecule is CCn1cnnc1CNc1ncns1. The maximum atomic E-state index is 4.01. The molecule has 2 heterocycles. The molecule has 0 spiro atoms. The summed E-state index contributed by atoms with van der Waals surface area (Å²) in [6.45, 7) is 3.56. The first-order valence-electron chi connectivity index (χ1n) is 4.27. The molecular formula is C7H10N6S. The number of aryl methyl sites for hydroxylation is 1. The van der Waals surface area contributed by atoms with E-state index < -0.39 is 0 Å². The van der Waals surface area contributed by atoms with Gasteiger partial charge in [-0.1, -0.05) is 0 Å². The van der Waals surface area contributed by atoms with Crippen LogP contribution in [0.5, 0.6) is 0 Å². The zero-order valence-electron chi connectivity index (χ0n) is 7.71. The summed E-state index contributed by atoms with van der Waals surface area (Å²) >= 11 is 1.33. The third kappa shape index (κ3) is 1.87. The van der Waals surface area contributed by atoms with Crippen molar-refractivity contribution in [2.24, 2.45) is 0 Å². The van der Waals surface area contributed by atoms with E-state index in [4.69, 9.17) is 0 Å². The van der Waals surface area contributed by atoms with Crippen molar-refractivity contribution in [3.8, 4) is 0 Å². The number of hydrogen-bond acceptors (Lipinski definition) is 6. The Labute approximate surface area is 85.2 Å². The van der Waals surface area contributed by atoms with Gasteiger partial charge in [0.2, 0.25) is 5.13 Å². The number of nitrogens with one attached hydrogen (secondary N) is 1. The van der Waals surface area contributed by atoms with Gasteiger partial charge in [-0.05, 0) is 6.92 Å². The molecule has 0 unspecified atom stereocenters. The summed E-state index contributed by atoms with van der Waals surface area (Å²) in [5.41, 5.74) is 0. The zero-order chi connectivity index (χ0) is 9.80. The third-order valence-corrected chi connectivity index (χ3v) is 2.42. The first-order chi connectivity index (χ1) is 6.90. The second kappa shape index (κ2) is 4.14. The van der Waals surface area contributed by atoms with Gasteiger partial charge in [0.05, 0.1) is 6.54 Å². The highest BCUT2D eigenvalue weighted by Gasteiger charge is 2.02. The highest BCUT2D eigenvalue weighted by Crippen LogP contribution is 2.07. The topological polar surface area (TPSA) is 68.5 Å². The predicted molar refractivity (Wildman–Crippen MR) is 52.9 cm³/mol. The maximum Gasteiger partial charge on any atom is 0.202 e. The van der Waals surface area contributed by atoms with Gasteiger partial charge in [0.25, 0.3) is 0 Å². The van der Waals surface area contributed by atoms with E-state index in [0.717, 1.165) is 17.5 Å². The Morgan fingerprint density at radius 3 is 3.21 bits per heavy atom. The van der Waals surface area contributed by atoms with Crippen LogP contribution >= 0.6 is 11.5 Å². The van der Waals surface area contributed by atoms with Crippen LogP contribution in [0.15, 0.2) is 12.7 Å². The van der Waals surface area contributed by atoms with Crippen molar-refractivity contribution >= 4 is 16.7 Å². The first-order valence-corrected chi connectivity index (χ1v) is 5.04. The molecule has 14 heavy (non-hydrogen) atoms. The molecule has 7 heteroatoms. The minimum absolute atomic E-state index is 0.628. The van der Waals surface area contributed by atoms with E-state index >= 15 is 0 Å². The monoisotopic (exact) mass is 210 g/mol. The minimum Gasteiger partial charge on any atom is -0.353 e. The van der Waals surface area contributed by atoms with Crippen LogP contribution in [0, 0.1) is 0 Å². The molecule has 0 fully saturated rings. The molecule has 0 saturated carbocycles. The smallest absolute Gasteiger partial charge is 0.202 e. The molecule has 0 aliphatic carbocycles. The molecule has 0 aromatic carbocycles. The van der Waals surface area contributed by atoms with E-state index in [9.17, 15) is 0 Å². The molecule has 2 rings (SSSR count). The lowest BCUT2D eigenvalue weighted by Gasteiger charge is -2.02. The Morgan fingerprint density at radius 1 is 1.57 bits per heavy atom. The Bertz CT molecular complexity index is 381. The normalized spacial score (nSPS) is 10.4. The van der Waals surface area contributed by atoms with E-state index in [1.807, 2.05) is 4.57 Å². The molecule has 74 valence electrons. The van der Waals surface area contributed by atoms with Crippen LogP contribution in [0.25, 0.3) is 0 Å². The first kappa shape index (κ1) is 9.07. The Kier molecular flexibility index (Phi) is 2.68. The van der Waals surface area contributed by atoms with Gasteiger partial charge in [-0.3, -0.25) is 0 Å². The van der Waals surface area contributed by atoms with Crippen LogP contribution in [0.2, 0.25) is 0 Å². The predicted octanol–water partition coefficient (Wildman–Crippen LogP) is 0.762. The lowest BCUT2D eigenvalue weighted by atomic mass is 10.5. The molecule has 0 aliphatic heterocycles. The molecule has 0 radical (unpaired) electrons. The van der Waals surface area contributed by atoms with Gasteiger partial charge >= 0.3 is 0 Å². The van der Waals surface area contributed by atoms with Gasteiger partial charge < -0.3 is 9.88 Å². The number of rotatable bonds is 4. The summed E-state index contributed by atoms with van der Waals surface area (Å²) in [6.07, 6.45) is 3.24. The number of hydrogen-bond donors (Lipinski definition) is 1. The van der Waals surface area contributed by atoms with Crippen LogP contribution in [-0.4, -0.2) is 24.1 Å². The molecule has 0 bridgehead atoms. The number of aromatic nitrogens is 5. The van der Waals surface area contributed by atoms with Crippen LogP contribution in [0.3, 0.4) is 0 Å². The second-order valence-electron chi connectivity index (χ2n) is 2.63. The van der Waals surface area contributed by atoms with Crippen LogP contribution < -0.4 is 5.32 Å². The lowest BCUT2D eigenvalue weighted by molar-refractivity contribution is 0.708. The highest BCUT2D eigenvalue weighted by atomic mass is 32.1. The van der Waals surface area contributed by atoms with Crippen LogP contribution in [-0.2, 0) is 13.1 Å². The van der Waals surface area contributed by atoms with Crippen molar-refractivity contribution in [2.45, 2.75) is 20.0 Å². The lowest BCUT2D eigenvalue weighted by Crippen LogP contribution is -2.07. The van der Waals surface area contributed by atoms with Gasteiger partial charge in [-0.25, -0.2) is 4.98 Å².